The van der Waals surface area contributed by atoms with Crippen LogP contribution in [0.4, 0.5) is 5.69 Å². The molecule has 0 saturated heterocycles. The van der Waals surface area contributed by atoms with E-state index in [0.717, 1.165) is 11.1 Å². The van der Waals surface area contributed by atoms with Crippen molar-refractivity contribution >= 4 is 28.7 Å². The summed E-state index contributed by atoms with van der Waals surface area (Å²) in [6.45, 7) is 2.06. The number of aromatic nitrogens is 3. The molecule has 0 fully saturated rings. The van der Waals surface area contributed by atoms with Crippen molar-refractivity contribution in [1.29, 1.82) is 0 Å². The number of nitrogens with zero attached hydrogens (tertiary/aromatic N) is 3. The van der Waals surface area contributed by atoms with Gasteiger partial charge in [-0.05, 0) is 19.1 Å². The lowest BCUT2D eigenvalue weighted by Gasteiger charge is -2.10. The second kappa shape index (κ2) is 8.84. The Morgan fingerprint density at radius 1 is 1.12 bits per heavy atom. The molecule has 0 aliphatic carbocycles. The van der Waals surface area contributed by atoms with Crippen LogP contribution in [0.1, 0.15) is 22.3 Å². The number of hydrogen-bond donors (Lipinski definition) is 1. The smallest absolute Gasteiger partial charge is 0.339 e. The van der Waals surface area contributed by atoms with Gasteiger partial charge < -0.3 is 14.6 Å². The Balaban J connectivity index is 1.50. The van der Waals surface area contributed by atoms with Gasteiger partial charge in [0, 0.05) is 18.5 Å². The van der Waals surface area contributed by atoms with E-state index in [2.05, 4.69) is 15.5 Å². The fourth-order valence-corrected chi connectivity index (χ4v) is 3.23. The summed E-state index contributed by atoms with van der Waals surface area (Å²) >= 11 is 0. The lowest BCUT2D eigenvalue weighted by molar-refractivity contribution is -0.116. The molecular weight excluding hydrogens is 412 g/mol. The average Bonchev–Trinajstić information content (AvgIpc) is 3.24. The van der Waals surface area contributed by atoms with Crippen LogP contribution in [0.2, 0.25) is 0 Å². The van der Waals surface area contributed by atoms with Gasteiger partial charge in [0.2, 0.25) is 5.91 Å². The molecule has 1 amide bonds. The molecule has 0 unspecified atom stereocenters. The van der Waals surface area contributed by atoms with E-state index in [4.69, 9.17) is 9.26 Å². The Hall–Kier alpha value is -4.27. The molecule has 2 heterocycles. The predicted octanol–water partition coefficient (Wildman–Crippen LogP) is 3.18. The number of aryl methyl sites for hydroxylation is 2. The standard InChI is InChI=1S/C23H20N4O5/c1-14-7-9-15(10-8-14)19-20-21(32-26-19)22(29)27(13-24-20)12-11-18(28)25-17-6-4-3-5-16(17)23(30)31-2/h3-10,13H,11-12H2,1-2H3,(H,25,28). The lowest BCUT2D eigenvalue weighted by atomic mass is 10.1. The van der Waals surface area contributed by atoms with Gasteiger partial charge in [-0.1, -0.05) is 47.1 Å². The van der Waals surface area contributed by atoms with Crippen LogP contribution >= 0.6 is 0 Å². The van der Waals surface area contributed by atoms with Crippen LogP contribution in [0, 0.1) is 6.92 Å². The van der Waals surface area contributed by atoms with Gasteiger partial charge in [0.25, 0.3) is 11.1 Å². The molecule has 0 aliphatic rings. The van der Waals surface area contributed by atoms with E-state index in [1.807, 2.05) is 31.2 Å². The van der Waals surface area contributed by atoms with Gasteiger partial charge in [0.15, 0.2) is 0 Å². The number of fused-ring (bicyclic) bond motifs is 1. The number of carbonyl (C=O) groups excluding carboxylic acids is 2. The monoisotopic (exact) mass is 432 g/mol. The van der Waals surface area contributed by atoms with Gasteiger partial charge in [0.05, 0.1) is 24.7 Å². The van der Waals surface area contributed by atoms with Crippen molar-refractivity contribution in [3.63, 3.8) is 0 Å². The number of esters is 1. The van der Waals surface area contributed by atoms with Crippen molar-refractivity contribution in [2.45, 2.75) is 19.9 Å². The molecule has 2 aromatic heterocycles. The summed E-state index contributed by atoms with van der Waals surface area (Å²) in [5.74, 6) is -0.923. The fourth-order valence-electron chi connectivity index (χ4n) is 3.23. The third kappa shape index (κ3) is 4.13. The van der Waals surface area contributed by atoms with Crippen molar-refractivity contribution in [2.24, 2.45) is 0 Å². The summed E-state index contributed by atoms with van der Waals surface area (Å²) < 4.78 is 11.3. The first-order chi connectivity index (χ1) is 15.5. The van der Waals surface area contributed by atoms with E-state index in [0.29, 0.717) is 16.9 Å². The van der Waals surface area contributed by atoms with Gasteiger partial charge in [-0.2, -0.15) is 0 Å². The summed E-state index contributed by atoms with van der Waals surface area (Å²) in [6, 6.07) is 14.2. The van der Waals surface area contributed by atoms with Crippen LogP contribution < -0.4 is 10.9 Å². The van der Waals surface area contributed by atoms with E-state index in [9.17, 15) is 14.4 Å². The van der Waals surface area contributed by atoms with Crippen molar-refractivity contribution < 1.29 is 18.8 Å². The number of nitrogens with one attached hydrogen (secondary N) is 1. The molecule has 0 bridgehead atoms. The van der Waals surface area contributed by atoms with Crippen molar-refractivity contribution in [3.05, 3.63) is 76.3 Å². The lowest BCUT2D eigenvalue weighted by Crippen LogP contribution is -2.23. The quantitative estimate of drug-likeness (QED) is 0.465. The SMILES string of the molecule is COC(=O)c1ccccc1NC(=O)CCn1cnc2c(-c3ccc(C)cc3)noc2c1=O. The third-order valence-electron chi connectivity index (χ3n) is 4.96. The molecule has 0 spiro atoms. The Morgan fingerprint density at radius 3 is 2.62 bits per heavy atom. The van der Waals surface area contributed by atoms with Crippen LogP contribution in [0.15, 0.2) is 64.2 Å². The number of carbonyl (C=O) groups is 2. The Labute approximate surface area is 182 Å². The largest absolute Gasteiger partial charge is 0.465 e. The van der Waals surface area contributed by atoms with E-state index in [1.54, 1.807) is 24.3 Å². The minimum absolute atomic E-state index is 0.0123. The van der Waals surface area contributed by atoms with Crippen molar-refractivity contribution in [1.82, 2.24) is 14.7 Å². The van der Waals surface area contributed by atoms with Crippen molar-refractivity contribution in [3.8, 4) is 11.3 Å². The number of hydrogen-bond acceptors (Lipinski definition) is 7. The van der Waals surface area contributed by atoms with Crippen LogP contribution in [-0.2, 0) is 16.1 Å². The highest BCUT2D eigenvalue weighted by Gasteiger charge is 2.17. The number of amides is 1. The normalized spacial score (nSPS) is 10.8. The first-order valence-electron chi connectivity index (χ1n) is 9.87. The van der Waals surface area contributed by atoms with E-state index in [-0.39, 0.29) is 30.0 Å². The molecule has 2 aromatic carbocycles. The molecule has 162 valence electrons. The highest BCUT2D eigenvalue weighted by Crippen LogP contribution is 2.24. The zero-order chi connectivity index (χ0) is 22.7. The minimum Gasteiger partial charge on any atom is -0.465 e. The maximum Gasteiger partial charge on any atom is 0.339 e. The molecule has 9 nitrogen and oxygen atoms in total. The second-order valence-corrected chi connectivity index (χ2v) is 7.15. The number of methoxy groups -OCH3 is 1. The Morgan fingerprint density at radius 2 is 1.88 bits per heavy atom. The number of rotatable bonds is 6. The molecule has 4 aromatic rings. The first kappa shape index (κ1) is 21.0. The Bertz CT molecular complexity index is 1360. The summed E-state index contributed by atoms with van der Waals surface area (Å²) in [5, 5.41) is 6.68. The fraction of sp³-hybridized carbons (Fsp3) is 0.174. The summed E-state index contributed by atoms with van der Waals surface area (Å²) in [6.07, 6.45) is 1.36. The molecule has 0 aliphatic heterocycles. The highest BCUT2D eigenvalue weighted by molar-refractivity contribution is 6.01. The van der Waals surface area contributed by atoms with Crippen LogP contribution in [0.5, 0.6) is 0 Å². The molecule has 0 atom stereocenters. The summed E-state index contributed by atoms with van der Waals surface area (Å²) in [4.78, 5) is 41.3. The van der Waals surface area contributed by atoms with Gasteiger partial charge in [-0.3, -0.25) is 14.2 Å². The first-order valence-corrected chi connectivity index (χ1v) is 9.87. The van der Waals surface area contributed by atoms with Crippen LogP contribution in [0.3, 0.4) is 0 Å². The molecular formula is C23H20N4O5. The molecule has 32 heavy (non-hydrogen) atoms. The van der Waals surface area contributed by atoms with E-state index in [1.165, 1.54) is 18.0 Å². The average molecular weight is 432 g/mol. The minimum atomic E-state index is -0.554. The molecule has 0 radical (unpaired) electrons. The predicted molar refractivity (Wildman–Crippen MR) is 117 cm³/mol. The third-order valence-corrected chi connectivity index (χ3v) is 4.96. The molecule has 1 N–H and O–H groups in total. The maximum atomic E-state index is 12.8. The second-order valence-electron chi connectivity index (χ2n) is 7.15. The highest BCUT2D eigenvalue weighted by atomic mass is 16.5. The van der Waals surface area contributed by atoms with Gasteiger partial charge in [0.1, 0.15) is 11.2 Å². The number of ether oxygens (including phenoxy) is 1. The zero-order valence-electron chi connectivity index (χ0n) is 17.5. The number of para-hydroxylation sites is 1. The maximum absolute atomic E-state index is 12.8. The molecule has 4 rings (SSSR count). The van der Waals surface area contributed by atoms with Gasteiger partial charge >= 0.3 is 5.97 Å². The zero-order valence-corrected chi connectivity index (χ0v) is 17.5. The van der Waals surface area contributed by atoms with E-state index < -0.39 is 11.5 Å². The molecule has 0 saturated carbocycles. The summed E-state index contributed by atoms with van der Waals surface area (Å²) in [5.41, 5.74) is 2.93. The topological polar surface area (TPSA) is 116 Å². The van der Waals surface area contributed by atoms with E-state index >= 15 is 0 Å². The Kier molecular flexibility index (Phi) is 5.80. The van der Waals surface area contributed by atoms with Crippen LogP contribution in [0.25, 0.3) is 22.4 Å². The van der Waals surface area contributed by atoms with Gasteiger partial charge in [-0.15, -0.1) is 0 Å². The van der Waals surface area contributed by atoms with Gasteiger partial charge in [-0.25, -0.2) is 9.78 Å². The molecule has 9 heteroatoms. The number of anilines is 1. The van der Waals surface area contributed by atoms with Crippen LogP contribution in [-0.4, -0.2) is 33.7 Å². The number of benzene rings is 2. The summed E-state index contributed by atoms with van der Waals surface area (Å²) in [7, 11) is 1.27. The van der Waals surface area contributed by atoms with Crippen molar-refractivity contribution in [2.75, 3.05) is 12.4 Å².